The molecule has 0 unspecified atom stereocenters. The molecule has 0 radical (unpaired) electrons. The van der Waals surface area contributed by atoms with Gasteiger partial charge >= 0.3 is 7.12 Å². The van der Waals surface area contributed by atoms with Gasteiger partial charge in [0.1, 0.15) is 5.52 Å². The fourth-order valence-electron chi connectivity index (χ4n) is 2.92. The second-order valence-electron chi connectivity index (χ2n) is 7.83. The highest BCUT2D eigenvalue weighted by molar-refractivity contribution is 6.62. The zero-order chi connectivity index (χ0) is 18.5. The molecule has 1 saturated heterocycles. The van der Waals surface area contributed by atoms with Gasteiger partial charge in [-0.25, -0.2) is 0 Å². The van der Waals surface area contributed by atoms with Gasteiger partial charge in [-0.1, -0.05) is 18.2 Å². The maximum atomic E-state index is 6.09. The fourth-order valence-corrected chi connectivity index (χ4v) is 2.92. The minimum atomic E-state index is -0.360. The van der Waals surface area contributed by atoms with Crippen LogP contribution in [0.2, 0.25) is 0 Å². The molecule has 6 heteroatoms. The Bertz CT molecular complexity index is 931. The van der Waals surface area contributed by atoms with Crippen molar-refractivity contribution >= 4 is 35.4 Å². The van der Waals surface area contributed by atoms with Gasteiger partial charge in [0, 0.05) is 5.69 Å². The van der Waals surface area contributed by atoms with Crippen LogP contribution < -0.4 is 10.8 Å². The number of nitrogens with zero attached hydrogens (tertiary/aromatic N) is 1. The summed E-state index contributed by atoms with van der Waals surface area (Å²) in [5.74, 6) is 0. The lowest BCUT2D eigenvalue weighted by molar-refractivity contribution is 0.00578. The van der Waals surface area contributed by atoms with Crippen LogP contribution in [0.3, 0.4) is 0 Å². The Hall–Kier alpha value is -2.31. The molecule has 2 heterocycles. The monoisotopic (exact) mass is 350 g/mol. The molecule has 0 spiro atoms. The van der Waals surface area contributed by atoms with E-state index in [9.17, 15) is 0 Å². The molecule has 26 heavy (non-hydrogen) atoms. The summed E-state index contributed by atoms with van der Waals surface area (Å²) in [6.45, 7) is 10.3. The highest BCUT2D eigenvalue weighted by atomic mass is 16.7. The molecule has 0 aliphatic carbocycles. The summed E-state index contributed by atoms with van der Waals surface area (Å²) in [7, 11) is -0.360. The van der Waals surface area contributed by atoms with E-state index in [0.717, 1.165) is 27.8 Å². The number of anilines is 2. The molecule has 134 valence electrons. The van der Waals surface area contributed by atoms with Gasteiger partial charge in [-0.05, 0) is 69.9 Å². The summed E-state index contributed by atoms with van der Waals surface area (Å²) in [5, 5.41) is 3.20. The van der Waals surface area contributed by atoms with Gasteiger partial charge in [-0.3, -0.25) is 0 Å². The number of fused-ring (bicyclic) bond motifs is 1. The van der Waals surface area contributed by atoms with E-state index >= 15 is 0 Å². The number of hydrogen-bond acceptors (Lipinski definition) is 5. The molecule has 2 aromatic carbocycles. The standard InChI is InChI=1S/C20H23BN2O3/c1-13-6-11-17-16(12-13)23-18(24-17)22-15-9-7-14(8-10-15)21-25-19(2,3)20(4,5)26-21/h6-12H,1-5H3,(H,22,23). The molecule has 1 aliphatic rings. The summed E-state index contributed by atoms with van der Waals surface area (Å²) in [6, 6.07) is 14.4. The maximum absolute atomic E-state index is 6.09. The van der Waals surface area contributed by atoms with Crippen LogP contribution in [0.5, 0.6) is 0 Å². The number of hydrogen-bond donors (Lipinski definition) is 1. The van der Waals surface area contributed by atoms with Crippen LogP contribution in [-0.4, -0.2) is 23.3 Å². The van der Waals surface area contributed by atoms with Crippen LogP contribution >= 0.6 is 0 Å². The Morgan fingerprint density at radius 3 is 2.23 bits per heavy atom. The van der Waals surface area contributed by atoms with Crippen molar-refractivity contribution < 1.29 is 13.7 Å². The van der Waals surface area contributed by atoms with Gasteiger partial charge in [-0.15, -0.1) is 0 Å². The van der Waals surface area contributed by atoms with Gasteiger partial charge in [-0.2, -0.15) is 4.98 Å². The van der Waals surface area contributed by atoms with Crippen molar-refractivity contribution in [1.29, 1.82) is 0 Å². The van der Waals surface area contributed by atoms with Gasteiger partial charge in [0.2, 0.25) is 0 Å². The zero-order valence-corrected chi connectivity index (χ0v) is 15.8. The Kier molecular flexibility index (Phi) is 3.86. The topological polar surface area (TPSA) is 56.5 Å². The molecule has 1 N–H and O–H groups in total. The number of aryl methyl sites for hydroxylation is 1. The normalized spacial score (nSPS) is 18.4. The van der Waals surface area contributed by atoms with E-state index in [4.69, 9.17) is 13.7 Å². The van der Waals surface area contributed by atoms with Crippen LogP contribution in [0.25, 0.3) is 11.1 Å². The van der Waals surface area contributed by atoms with Crippen molar-refractivity contribution in [2.24, 2.45) is 0 Å². The largest absolute Gasteiger partial charge is 0.494 e. The second kappa shape index (κ2) is 5.86. The van der Waals surface area contributed by atoms with Gasteiger partial charge in [0.05, 0.1) is 11.2 Å². The summed E-state index contributed by atoms with van der Waals surface area (Å²) >= 11 is 0. The Morgan fingerprint density at radius 1 is 0.923 bits per heavy atom. The SMILES string of the molecule is Cc1ccc2oc(Nc3ccc(B4OC(C)(C)C(C)(C)O4)cc3)nc2c1. The number of benzene rings is 2. The quantitative estimate of drug-likeness (QED) is 0.718. The first-order chi connectivity index (χ1) is 12.2. The van der Waals surface area contributed by atoms with E-state index in [2.05, 4.69) is 38.0 Å². The van der Waals surface area contributed by atoms with Crippen molar-refractivity contribution in [1.82, 2.24) is 4.98 Å². The first-order valence-corrected chi connectivity index (χ1v) is 8.83. The molecule has 3 aromatic rings. The Morgan fingerprint density at radius 2 is 1.58 bits per heavy atom. The molecule has 1 aliphatic heterocycles. The molecule has 0 atom stereocenters. The van der Waals surface area contributed by atoms with E-state index in [-0.39, 0.29) is 18.3 Å². The Balaban J connectivity index is 1.51. The Labute approximate surface area is 153 Å². The van der Waals surface area contributed by atoms with E-state index in [0.29, 0.717) is 6.01 Å². The van der Waals surface area contributed by atoms with Gasteiger partial charge in [0.25, 0.3) is 6.01 Å². The highest BCUT2D eigenvalue weighted by Gasteiger charge is 2.51. The highest BCUT2D eigenvalue weighted by Crippen LogP contribution is 2.36. The summed E-state index contributed by atoms with van der Waals surface area (Å²) in [4.78, 5) is 4.48. The minimum absolute atomic E-state index is 0.342. The maximum Gasteiger partial charge on any atom is 0.494 e. The number of aromatic nitrogens is 1. The lowest BCUT2D eigenvalue weighted by atomic mass is 9.79. The van der Waals surface area contributed by atoms with E-state index in [1.165, 1.54) is 0 Å². The molecule has 0 amide bonds. The number of oxazole rings is 1. The summed E-state index contributed by atoms with van der Waals surface area (Å²) in [6.07, 6.45) is 0. The average molecular weight is 350 g/mol. The lowest BCUT2D eigenvalue weighted by Crippen LogP contribution is -2.41. The van der Waals surface area contributed by atoms with Gasteiger partial charge in [0.15, 0.2) is 5.58 Å². The third-order valence-electron chi connectivity index (χ3n) is 5.23. The second-order valence-corrected chi connectivity index (χ2v) is 7.83. The molecule has 1 aromatic heterocycles. The van der Waals surface area contributed by atoms with Crippen molar-refractivity contribution in [3.8, 4) is 0 Å². The third kappa shape index (κ3) is 3.00. The lowest BCUT2D eigenvalue weighted by Gasteiger charge is -2.32. The van der Waals surface area contributed by atoms with Crippen molar-refractivity contribution in [3.05, 3.63) is 48.0 Å². The van der Waals surface area contributed by atoms with E-state index < -0.39 is 0 Å². The first-order valence-electron chi connectivity index (χ1n) is 8.83. The predicted molar refractivity (Wildman–Crippen MR) is 104 cm³/mol. The van der Waals surface area contributed by atoms with Gasteiger partial charge < -0.3 is 19.0 Å². The predicted octanol–water partition coefficient (Wildman–Crippen LogP) is 4.18. The van der Waals surface area contributed by atoms with E-state index in [1.54, 1.807) is 0 Å². The molecule has 0 bridgehead atoms. The van der Waals surface area contributed by atoms with Crippen molar-refractivity contribution in [2.45, 2.75) is 45.8 Å². The molecular weight excluding hydrogens is 327 g/mol. The zero-order valence-electron chi connectivity index (χ0n) is 15.8. The average Bonchev–Trinajstić information content (AvgIpc) is 3.04. The number of nitrogens with one attached hydrogen (secondary N) is 1. The summed E-state index contributed by atoms with van der Waals surface area (Å²) in [5.41, 5.74) is 3.98. The molecule has 5 nitrogen and oxygen atoms in total. The smallest absolute Gasteiger partial charge is 0.423 e. The molecule has 1 fully saturated rings. The van der Waals surface area contributed by atoms with Crippen LogP contribution in [-0.2, 0) is 9.31 Å². The van der Waals surface area contributed by atoms with Crippen LogP contribution in [0.4, 0.5) is 11.7 Å². The minimum Gasteiger partial charge on any atom is -0.423 e. The third-order valence-corrected chi connectivity index (χ3v) is 5.23. The molecular formula is C20H23BN2O3. The molecule has 4 rings (SSSR count). The van der Waals surface area contributed by atoms with Crippen LogP contribution in [0.1, 0.15) is 33.3 Å². The number of rotatable bonds is 3. The first kappa shape index (κ1) is 17.1. The van der Waals surface area contributed by atoms with Crippen LogP contribution in [0, 0.1) is 6.92 Å². The molecule has 0 saturated carbocycles. The van der Waals surface area contributed by atoms with Crippen molar-refractivity contribution in [2.75, 3.05) is 5.32 Å². The van der Waals surface area contributed by atoms with E-state index in [1.807, 2.05) is 49.4 Å². The fraction of sp³-hybridized carbons (Fsp3) is 0.350. The van der Waals surface area contributed by atoms with Crippen molar-refractivity contribution in [3.63, 3.8) is 0 Å². The summed E-state index contributed by atoms with van der Waals surface area (Å²) < 4.78 is 17.9. The van der Waals surface area contributed by atoms with Crippen LogP contribution in [0.15, 0.2) is 46.9 Å².